The van der Waals surface area contributed by atoms with Gasteiger partial charge in [0, 0.05) is 19.3 Å². The molecule has 0 radical (unpaired) electrons. The highest BCUT2D eigenvalue weighted by molar-refractivity contribution is 5.70. The van der Waals surface area contributed by atoms with Crippen molar-refractivity contribution < 1.29 is 28.6 Å². The van der Waals surface area contributed by atoms with Crippen molar-refractivity contribution in [1.82, 2.24) is 4.90 Å². The Kier molecular flexibility index (Phi) is 28.8. The normalized spacial score (nSPS) is 11.7. The van der Waals surface area contributed by atoms with Crippen molar-refractivity contribution in [3.8, 4) is 0 Å². The molecule has 0 aliphatic carbocycles. The fourth-order valence-corrected chi connectivity index (χ4v) is 4.52. The van der Waals surface area contributed by atoms with Crippen LogP contribution in [0.2, 0.25) is 0 Å². The van der Waals surface area contributed by atoms with Crippen molar-refractivity contribution in [2.24, 2.45) is 0 Å². The molecule has 0 saturated carbocycles. The van der Waals surface area contributed by atoms with Crippen molar-refractivity contribution in [2.75, 3.05) is 33.9 Å². The van der Waals surface area contributed by atoms with E-state index in [1.807, 2.05) is 26.2 Å². The van der Waals surface area contributed by atoms with E-state index in [0.717, 1.165) is 116 Å². The van der Waals surface area contributed by atoms with Gasteiger partial charge in [-0.25, -0.2) is 0 Å². The number of nitrogens with zero attached hydrogens (tertiary/aromatic N) is 1. The van der Waals surface area contributed by atoms with Crippen molar-refractivity contribution in [3.63, 3.8) is 0 Å². The number of ether oxygens (including phenoxy) is 3. The molecule has 0 saturated heterocycles. The van der Waals surface area contributed by atoms with E-state index in [2.05, 4.69) is 30.9 Å². The Bertz CT molecular complexity index is 672. The Balaban J connectivity index is 4.15. The molecule has 0 atom stereocenters. The Morgan fingerprint density at radius 3 is 1.45 bits per heavy atom. The Morgan fingerprint density at radius 2 is 1.00 bits per heavy atom. The number of unbranched alkanes of at least 4 members (excludes halogenated alkanes) is 10. The van der Waals surface area contributed by atoms with Crippen LogP contribution in [0.15, 0.2) is 24.3 Å². The van der Waals surface area contributed by atoms with Gasteiger partial charge in [0.15, 0.2) is 0 Å². The highest BCUT2D eigenvalue weighted by Crippen LogP contribution is 2.18. The summed E-state index contributed by atoms with van der Waals surface area (Å²) in [6, 6.07) is 0. The summed E-state index contributed by atoms with van der Waals surface area (Å²) in [5.74, 6) is -0.326. The molecule has 7 nitrogen and oxygen atoms in total. The first-order valence-electron chi connectivity index (χ1n) is 16.8. The molecule has 0 aromatic heterocycles. The van der Waals surface area contributed by atoms with Gasteiger partial charge in [-0.2, -0.15) is 0 Å². The molecule has 0 rings (SSSR count). The van der Waals surface area contributed by atoms with E-state index in [0.29, 0.717) is 32.5 Å². The second kappa shape index (κ2) is 30.3. The average molecular weight is 594 g/mol. The van der Waals surface area contributed by atoms with Gasteiger partial charge < -0.3 is 19.1 Å². The molecule has 0 bridgehead atoms. The van der Waals surface area contributed by atoms with Crippen molar-refractivity contribution in [2.45, 2.75) is 148 Å². The number of hydrogen-bond acceptors (Lipinski definition) is 7. The van der Waals surface area contributed by atoms with Gasteiger partial charge in [-0.05, 0) is 78.4 Å². The molecule has 0 aromatic carbocycles. The van der Waals surface area contributed by atoms with Gasteiger partial charge in [0.05, 0.1) is 0 Å². The highest BCUT2D eigenvalue weighted by Gasteiger charge is 2.14. The molecule has 0 fully saturated rings. The number of esters is 3. The second-order valence-electron chi connectivity index (χ2n) is 11.5. The van der Waals surface area contributed by atoms with E-state index in [-0.39, 0.29) is 24.0 Å². The van der Waals surface area contributed by atoms with E-state index < -0.39 is 0 Å². The average Bonchev–Trinajstić information content (AvgIpc) is 2.95. The molecule has 0 aliphatic rings. The fourth-order valence-electron chi connectivity index (χ4n) is 4.52. The lowest BCUT2D eigenvalue weighted by Crippen LogP contribution is -2.20. The smallest absolute Gasteiger partial charge is 0.306 e. The monoisotopic (exact) mass is 593 g/mol. The third kappa shape index (κ3) is 29.3. The predicted octanol–water partition coefficient (Wildman–Crippen LogP) is 8.50. The molecule has 0 heterocycles. The summed E-state index contributed by atoms with van der Waals surface area (Å²) in [6.45, 7) is 5.88. The van der Waals surface area contributed by atoms with Crippen LogP contribution in [0.5, 0.6) is 0 Å². The van der Waals surface area contributed by atoms with Gasteiger partial charge >= 0.3 is 17.9 Å². The molecule has 0 unspecified atom stereocenters. The van der Waals surface area contributed by atoms with Crippen LogP contribution < -0.4 is 0 Å². The summed E-state index contributed by atoms with van der Waals surface area (Å²) >= 11 is 0. The quantitative estimate of drug-likeness (QED) is 0.0372. The molecule has 0 N–H and O–H groups in total. The van der Waals surface area contributed by atoms with E-state index in [1.54, 1.807) is 0 Å². The number of carbonyl (C=O) groups excluding carboxylic acids is 3. The summed E-state index contributed by atoms with van der Waals surface area (Å²) in [5, 5.41) is 0. The van der Waals surface area contributed by atoms with Crippen LogP contribution in [-0.4, -0.2) is 62.8 Å². The molecular weight excluding hydrogens is 530 g/mol. The zero-order chi connectivity index (χ0) is 31.1. The van der Waals surface area contributed by atoms with E-state index in [1.165, 1.54) is 0 Å². The van der Waals surface area contributed by atoms with Crippen molar-refractivity contribution in [1.29, 1.82) is 0 Å². The van der Waals surface area contributed by atoms with Crippen molar-refractivity contribution >= 4 is 17.9 Å². The Morgan fingerprint density at radius 1 is 0.571 bits per heavy atom. The summed E-state index contributed by atoms with van der Waals surface area (Å²) in [4.78, 5) is 38.1. The SMILES string of the molecule is CCC/C=C\COC(=O)CCCCCCCC(CCCCCCCC(=O)OC/C=C\CCC)OC(=O)CCCN(C)C. The lowest BCUT2D eigenvalue weighted by atomic mass is 10.0. The molecule has 0 amide bonds. The summed E-state index contributed by atoms with van der Waals surface area (Å²) in [5.41, 5.74) is 0. The molecule has 0 aromatic rings. The fraction of sp³-hybridized carbons (Fsp3) is 0.800. The standard InChI is InChI=1S/C35H63NO6/c1-5-7-9-21-30-40-33(37)26-19-15-11-13-17-24-32(42-35(39)28-23-29-36(3)4)25-18-14-12-16-20-27-34(38)41-31-22-10-8-6-2/h9-10,21-22,32H,5-8,11-20,23-31H2,1-4H3/b21-9-,22-10-. The topological polar surface area (TPSA) is 82.1 Å². The maximum atomic E-state index is 12.4. The van der Waals surface area contributed by atoms with Gasteiger partial charge in [0.2, 0.25) is 0 Å². The summed E-state index contributed by atoms with van der Waals surface area (Å²) in [6.07, 6.45) is 26.3. The van der Waals surface area contributed by atoms with E-state index >= 15 is 0 Å². The minimum atomic E-state index is -0.118. The molecule has 7 heteroatoms. The number of carbonyl (C=O) groups is 3. The largest absolute Gasteiger partial charge is 0.462 e. The lowest BCUT2D eigenvalue weighted by molar-refractivity contribution is -0.150. The molecule has 42 heavy (non-hydrogen) atoms. The maximum Gasteiger partial charge on any atom is 0.306 e. The predicted molar refractivity (Wildman–Crippen MR) is 172 cm³/mol. The van der Waals surface area contributed by atoms with E-state index in [9.17, 15) is 14.4 Å². The molecule has 0 aliphatic heterocycles. The Labute approximate surface area is 257 Å². The third-order valence-corrected chi connectivity index (χ3v) is 7.02. The second-order valence-corrected chi connectivity index (χ2v) is 11.5. The van der Waals surface area contributed by atoms with Crippen LogP contribution in [0.25, 0.3) is 0 Å². The summed E-state index contributed by atoms with van der Waals surface area (Å²) < 4.78 is 16.3. The first-order valence-corrected chi connectivity index (χ1v) is 16.8. The van der Waals surface area contributed by atoms with Crippen LogP contribution >= 0.6 is 0 Å². The zero-order valence-electron chi connectivity index (χ0n) is 27.5. The van der Waals surface area contributed by atoms with Gasteiger partial charge in [-0.1, -0.05) is 89.5 Å². The maximum absolute atomic E-state index is 12.4. The van der Waals surface area contributed by atoms with Crippen LogP contribution in [-0.2, 0) is 28.6 Å². The Hall–Kier alpha value is -2.15. The van der Waals surface area contributed by atoms with Gasteiger partial charge in [-0.15, -0.1) is 0 Å². The summed E-state index contributed by atoms with van der Waals surface area (Å²) in [7, 11) is 4.02. The first kappa shape index (κ1) is 39.8. The minimum Gasteiger partial charge on any atom is -0.462 e. The van der Waals surface area contributed by atoms with E-state index in [4.69, 9.17) is 14.2 Å². The number of allylic oxidation sites excluding steroid dienone is 2. The van der Waals surface area contributed by atoms with Gasteiger partial charge in [-0.3, -0.25) is 14.4 Å². The third-order valence-electron chi connectivity index (χ3n) is 7.02. The van der Waals surface area contributed by atoms with Crippen LogP contribution in [0.4, 0.5) is 0 Å². The molecule has 244 valence electrons. The molecule has 0 spiro atoms. The zero-order valence-corrected chi connectivity index (χ0v) is 27.5. The highest BCUT2D eigenvalue weighted by atomic mass is 16.5. The van der Waals surface area contributed by atoms with Crippen molar-refractivity contribution in [3.05, 3.63) is 24.3 Å². The number of rotatable bonds is 29. The van der Waals surface area contributed by atoms with Crippen LogP contribution in [0, 0.1) is 0 Å². The van der Waals surface area contributed by atoms with Gasteiger partial charge in [0.1, 0.15) is 19.3 Å². The van der Waals surface area contributed by atoms with Gasteiger partial charge in [0.25, 0.3) is 0 Å². The molecular formula is C35H63NO6. The van der Waals surface area contributed by atoms with Crippen LogP contribution in [0.3, 0.4) is 0 Å². The minimum absolute atomic E-state index is 0.0247. The van der Waals surface area contributed by atoms with Crippen LogP contribution in [0.1, 0.15) is 142 Å². The lowest BCUT2D eigenvalue weighted by Gasteiger charge is -2.18. The first-order chi connectivity index (χ1) is 20.4. The number of hydrogen-bond donors (Lipinski definition) is 0.